The van der Waals surface area contributed by atoms with Gasteiger partial charge in [0, 0.05) is 0 Å². The van der Waals surface area contributed by atoms with Crippen LogP contribution < -0.4 is 5.32 Å². The normalized spacial score (nSPS) is 22.2. The minimum Gasteiger partial charge on any atom is -0.308 e. The average molecular weight is 175 g/mol. The lowest BCUT2D eigenvalue weighted by atomic mass is 10.2. The van der Waals surface area contributed by atoms with E-state index in [0.29, 0.717) is 0 Å². The van der Waals surface area contributed by atoms with Gasteiger partial charge in [0.25, 0.3) is 0 Å². The lowest BCUT2D eigenvalue weighted by molar-refractivity contribution is -0.109. The Kier molecular flexibility index (Phi) is 8.07. The summed E-state index contributed by atoms with van der Waals surface area (Å²) in [5.74, 6) is 1.24. The van der Waals surface area contributed by atoms with Crippen LogP contribution in [0.5, 0.6) is 0 Å². The number of aldehydes is 1. The van der Waals surface area contributed by atoms with E-state index in [-0.39, 0.29) is 6.04 Å². The molecule has 1 atom stereocenters. The van der Waals surface area contributed by atoms with Crippen molar-refractivity contribution in [2.45, 2.75) is 25.8 Å². The zero-order chi connectivity index (χ0) is 8.53. The molecule has 1 aliphatic rings. The van der Waals surface area contributed by atoms with Crippen molar-refractivity contribution in [3.63, 3.8) is 0 Å². The summed E-state index contributed by atoms with van der Waals surface area (Å²) in [6.07, 6.45) is 5.26. The van der Waals surface area contributed by atoms with Gasteiger partial charge in [0.15, 0.2) is 0 Å². The topological polar surface area (TPSA) is 29.1 Å². The number of carbonyl (C=O) groups is 1. The van der Waals surface area contributed by atoms with Gasteiger partial charge in [-0.2, -0.15) is 11.8 Å². The van der Waals surface area contributed by atoms with Crippen LogP contribution in [0.25, 0.3) is 0 Å². The highest BCUT2D eigenvalue weighted by molar-refractivity contribution is 7.98. The monoisotopic (exact) mass is 175 g/mol. The van der Waals surface area contributed by atoms with Crippen LogP contribution in [0.4, 0.5) is 0 Å². The minimum atomic E-state index is 0.167. The van der Waals surface area contributed by atoms with Crippen molar-refractivity contribution >= 4 is 18.0 Å². The fourth-order valence-corrected chi connectivity index (χ4v) is 0.828. The molecule has 66 valence electrons. The molecule has 3 heteroatoms. The first-order chi connectivity index (χ1) is 5.35. The van der Waals surface area contributed by atoms with Gasteiger partial charge in [-0.25, -0.2) is 0 Å². The Hall–Kier alpha value is -0.0200. The molecular weight excluding hydrogens is 158 g/mol. The molecule has 0 spiro atoms. The second-order valence-corrected chi connectivity index (χ2v) is 3.57. The molecule has 1 rings (SSSR count). The highest BCUT2D eigenvalue weighted by atomic mass is 32.2. The highest BCUT2D eigenvalue weighted by Gasteiger charge is 2.10. The largest absolute Gasteiger partial charge is 0.308 e. The van der Waals surface area contributed by atoms with E-state index >= 15 is 0 Å². The van der Waals surface area contributed by atoms with E-state index in [2.05, 4.69) is 18.5 Å². The van der Waals surface area contributed by atoms with Crippen LogP contribution in [0.15, 0.2) is 0 Å². The van der Waals surface area contributed by atoms with Crippen molar-refractivity contribution in [1.82, 2.24) is 5.32 Å². The van der Waals surface area contributed by atoms with Gasteiger partial charge in [0.05, 0.1) is 6.04 Å². The summed E-state index contributed by atoms with van der Waals surface area (Å²) in [5.41, 5.74) is 0. The van der Waals surface area contributed by atoms with Crippen LogP contribution in [0.3, 0.4) is 0 Å². The van der Waals surface area contributed by atoms with Crippen LogP contribution in [0, 0.1) is 0 Å². The molecule has 0 bridgehead atoms. The second-order valence-electron chi connectivity index (χ2n) is 2.42. The molecule has 1 heterocycles. The van der Waals surface area contributed by atoms with Crippen molar-refractivity contribution in [3.8, 4) is 0 Å². The second kappa shape index (κ2) is 8.08. The Bertz CT molecular complexity index is 90.1. The zero-order valence-corrected chi connectivity index (χ0v) is 8.12. The molecule has 0 aromatic rings. The molecule has 0 amide bonds. The Morgan fingerprint density at radius 2 is 2.36 bits per heavy atom. The Labute approximate surface area is 73.1 Å². The van der Waals surface area contributed by atoms with E-state index in [1.165, 1.54) is 5.75 Å². The fraction of sp³-hybridized carbons (Fsp3) is 0.875. The van der Waals surface area contributed by atoms with E-state index < -0.39 is 0 Å². The maximum absolute atomic E-state index is 9.94. The smallest absolute Gasteiger partial charge is 0.136 e. The summed E-state index contributed by atoms with van der Waals surface area (Å²) >= 11 is 1.86. The van der Waals surface area contributed by atoms with Gasteiger partial charge in [-0.1, -0.05) is 6.92 Å². The molecule has 1 N–H and O–H groups in total. The molecule has 1 aliphatic heterocycles. The third-order valence-electron chi connectivity index (χ3n) is 1.55. The number of thioether (sulfide) groups is 1. The lowest BCUT2D eigenvalue weighted by Gasteiger charge is -1.93. The van der Waals surface area contributed by atoms with E-state index in [0.717, 1.165) is 25.7 Å². The molecule has 1 saturated heterocycles. The SMILES string of the molecule is CCSC.O=CC1CCCN1. The van der Waals surface area contributed by atoms with E-state index in [1.807, 2.05) is 11.8 Å². The molecule has 0 saturated carbocycles. The molecule has 0 aliphatic carbocycles. The van der Waals surface area contributed by atoms with E-state index in [1.54, 1.807) is 0 Å². The minimum absolute atomic E-state index is 0.167. The van der Waals surface area contributed by atoms with Gasteiger partial charge in [0.1, 0.15) is 6.29 Å². The van der Waals surface area contributed by atoms with Crippen molar-refractivity contribution in [3.05, 3.63) is 0 Å². The number of hydrogen-bond acceptors (Lipinski definition) is 3. The Balaban J connectivity index is 0.000000218. The molecule has 1 unspecified atom stereocenters. The summed E-state index contributed by atoms with van der Waals surface area (Å²) in [5, 5.41) is 3.04. The van der Waals surface area contributed by atoms with E-state index in [9.17, 15) is 4.79 Å². The van der Waals surface area contributed by atoms with Gasteiger partial charge in [-0.15, -0.1) is 0 Å². The van der Waals surface area contributed by atoms with Gasteiger partial charge < -0.3 is 10.1 Å². The molecule has 11 heavy (non-hydrogen) atoms. The van der Waals surface area contributed by atoms with Crippen molar-refractivity contribution in [2.24, 2.45) is 0 Å². The summed E-state index contributed by atoms with van der Waals surface area (Å²) < 4.78 is 0. The zero-order valence-electron chi connectivity index (χ0n) is 7.30. The van der Waals surface area contributed by atoms with Crippen LogP contribution in [0.2, 0.25) is 0 Å². The highest BCUT2D eigenvalue weighted by Crippen LogP contribution is 2.00. The summed E-state index contributed by atoms with van der Waals surface area (Å²) in [6.45, 7) is 3.16. The maximum atomic E-state index is 9.94. The summed E-state index contributed by atoms with van der Waals surface area (Å²) in [4.78, 5) is 9.94. The summed E-state index contributed by atoms with van der Waals surface area (Å²) in [7, 11) is 0. The van der Waals surface area contributed by atoms with Crippen LogP contribution in [0.1, 0.15) is 19.8 Å². The molecule has 0 aromatic heterocycles. The first-order valence-electron chi connectivity index (χ1n) is 4.02. The Morgan fingerprint density at radius 3 is 2.55 bits per heavy atom. The maximum Gasteiger partial charge on any atom is 0.136 e. The van der Waals surface area contributed by atoms with Gasteiger partial charge in [-0.3, -0.25) is 0 Å². The molecule has 2 nitrogen and oxygen atoms in total. The summed E-state index contributed by atoms with van der Waals surface area (Å²) in [6, 6.07) is 0.167. The van der Waals surface area contributed by atoms with Gasteiger partial charge >= 0.3 is 0 Å². The number of carbonyl (C=O) groups excluding carboxylic acids is 1. The molecule has 0 radical (unpaired) electrons. The first kappa shape index (κ1) is 11.0. The van der Waals surface area contributed by atoms with Crippen molar-refractivity contribution in [1.29, 1.82) is 0 Å². The van der Waals surface area contributed by atoms with Gasteiger partial charge in [0.2, 0.25) is 0 Å². The molecule has 1 fully saturated rings. The van der Waals surface area contributed by atoms with E-state index in [4.69, 9.17) is 0 Å². The van der Waals surface area contributed by atoms with Crippen molar-refractivity contribution < 1.29 is 4.79 Å². The average Bonchev–Trinajstić information content (AvgIpc) is 2.56. The van der Waals surface area contributed by atoms with Crippen LogP contribution in [-0.4, -0.2) is 30.9 Å². The van der Waals surface area contributed by atoms with Crippen molar-refractivity contribution in [2.75, 3.05) is 18.6 Å². The van der Waals surface area contributed by atoms with Crippen LogP contribution >= 0.6 is 11.8 Å². The molecule has 0 aromatic carbocycles. The lowest BCUT2D eigenvalue weighted by Crippen LogP contribution is -2.21. The number of hydrogen-bond donors (Lipinski definition) is 1. The fourth-order valence-electron chi connectivity index (χ4n) is 0.828. The number of nitrogens with one attached hydrogen (secondary N) is 1. The first-order valence-corrected chi connectivity index (χ1v) is 5.42. The third kappa shape index (κ3) is 6.38. The van der Waals surface area contributed by atoms with Crippen LogP contribution in [-0.2, 0) is 4.79 Å². The quantitative estimate of drug-likeness (QED) is 0.642. The predicted octanol–water partition coefficient (Wildman–Crippen LogP) is 1.31. The van der Waals surface area contributed by atoms with Gasteiger partial charge in [-0.05, 0) is 31.4 Å². The standard InChI is InChI=1S/C5H9NO.C3H8S/c7-4-5-2-1-3-6-5;1-3-4-2/h4-6H,1-3H2;3H2,1-2H3. The number of rotatable bonds is 2. The molecular formula is C8H17NOS. The predicted molar refractivity (Wildman–Crippen MR) is 51.1 cm³/mol. The Morgan fingerprint density at radius 1 is 1.73 bits per heavy atom. The third-order valence-corrected chi connectivity index (χ3v) is 2.13.